The molecule has 0 aromatic heterocycles. The molecular weight excluding hydrogens is 198 g/mol. The van der Waals surface area contributed by atoms with Gasteiger partial charge in [-0.2, -0.15) is 0 Å². The van der Waals surface area contributed by atoms with E-state index in [4.69, 9.17) is 19.9 Å². The van der Waals surface area contributed by atoms with Crippen LogP contribution in [0.5, 0.6) is 0 Å². The van der Waals surface area contributed by atoms with E-state index in [2.05, 4.69) is 0 Å². The molecule has 0 spiro atoms. The zero-order valence-corrected chi connectivity index (χ0v) is 9.69. The van der Waals surface area contributed by atoms with Gasteiger partial charge in [0.05, 0.1) is 25.9 Å². The number of rotatable bonds is 8. The molecule has 15 heavy (non-hydrogen) atoms. The summed E-state index contributed by atoms with van der Waals surface area (Å²) in [6, 6.07) is -0.714. The molecule has 0 saturated carbocycles. The van der Waals surface area contributed by atoms with Gasteiger partial charge in [0.1, 0.15) is 6.04 Å². The highest BCUT2D eigenvalue weighted by Gasteiger charge is 2.15. The Labute approximate surface area is 90.9 Å². The van der Waals surface area contributed by atoms with Crippen LogP contribution in [0.25, 0.3) is 0 Å². The van der Waals surface area contributed by atoms with Crippen LogP contribution in [-0.4, -0.2) is 44.5 Å². The summed E-state index contributed by atoms with van der Waals surface area (Å²) in [4.78, 5) is 11.1. The van der Waals surface area contributed by atoms with Crippen molar-refractivity contribution in [3.05, 3.63) is 0 Å². The van der Waals surface area contributed by atoms with Crippen LogP contribution in [-0.2, 0) is 19.0 Å². The molecule has 5 heteroatoms. The summed E-state index contributed by atoms with van der Waals surface area (Å²) in [5, 5.41) is 0. The van der Waals surface area contributed by atoms with Crippen LogP contribution in [0.2, 0.25) is 0 Å². The van der Waals surface area contributed by atoms with Crippen LogP contribution in [0.4, 0.5) is 0 Å². The first kappa shape index (κ1) is 14.3. The zero-order valence-electron chi connectivity index (χ0n) is 9.69. The molecule has 0 saturated heterocycles. The number of nitrogens with two attached hydrogens (primary N) is 1. The summed E-state index contributed by atoms with van der Waals surface area (Å²) < 4.78 is 15.2. The van der Waals surface area contributed by atoms with Gasteiger partial charge in [-0.15, -0.1) is 0 Å². The van der Waals surface area contributed by atoms with Gasteiger partial charge in [-0.25, -0.2) is 0 Å². The highest BCUT2D eigenvalue weighted by atomic mass is 16.5. The molecular formula is C10H21NO4. The Morgan fingerprint density at radius 3 is 2.47 bits per heavy atom. The van der Waals surface area contributed by atoms with Crippen molar-refractivity contribution in [2.45, 2.75) is 32.9 Å². The number of carbonyl (C=O) groups excluding carboxylic acids is 1. The first-order valence-electron chi connectivity index (χ1n) is 5.23. The van der Waals surface area contributed by atoms with Gasteiger partial charge < -0.3 is 19.9 Å². The molecule has 2 N–H and O–H groups in total. The van der Waals surface area contributed by atoms with E-state index in [1.54, 1.807) is 6.92 Å². The summed E-state index contributed by atoms with van der Waals surface area (Å²) in [5.41, 5.74) is 5.54. The van der Waals surface area contributed by atoms with E-state index in [9.17, 15) is 4.79 Å². The number of carbonyl (C=O) groups is 1. The van der Waals surface area contributed by atoms with Gasteiger partial charge in [-0.1, -0.05) is 0 Å². The topological polar surface area (TPSA) is 70.8 Å². The Morgan fingerprint density at radius 1 is 1.27 bits per heavy atom. The standard InChI is InChI=1S/C10H21NO4/c1-4-13-6-8(3)15-7-9(11)10(12)14-5-2/h8-9H,4-7,11H2,1-3H3. The second-order valence-corrected chi connectivity index (χ2v) is 3.16. The van der Waals surface area contributed by atoms with Gasteiger partial charge in [0, 0.05) is 6.61 Å². The Bertz CT molecular complexity index is 175. The molecule has 0 aliphatic carbocycles. The Hall–Kier alpha value is -0.650. The molecule has 5 nitrogen and oxygen atoms in total. The van der Waals surface area contributed by atoms with E-state index in [-0.39, 0.29) is 12.7 Å². The number of hydrogen-bond donors (Lipinski definition) is 1. The fourth-order valence-electron chi connectivity index (χ4n) is 0.917. The van der Waals surface area contributed by atoms with Gasteiger partial charge in [-0.3, -0.25) is 4.79 Å². The molecule has 0 aromatic rings. The maximum atomic E-state index is 11.1. The molecule has 0 fully saturated rings. The fraction of sp³-hybridized carbons (Fsp3) is 0.900. The predicted octanol–water partition coefficient (Wildman–Crippen LogP) is 0.318. The lowest BCUT2D eigenvalue weighted by Gasteiger charge is -2.15. The number of esters is 1. The average molecular weight is 219 g/mol. The lowest BCUT2D eigenvalue weighted by molar-refractivity contribution is -0.147. The van der Waals surface area contributed by atoms with Gasteiger partial charge in [0.25, 0.3) is 0 Å². The Kier molecular flexibility index (Phi) is 8.27. The van der Waals surface area contributed by atoms with Gasteiger partial charge >= 0.3 is 5.97 Å². The quantitative estimate of drug-likeness (QED) is 0.595. The van der Waals surface area contributed by atoms with E-state index < -0.39 is 12.0 Å². The van der Waals surface area contributed by atoms with E-state index in [1.165, 1.54) is 0 Å². The van der Waals surface area contributed by atoms with E-state index >= 15 is 0 Å². The van der Waals surface area contributed by atoms with Crippen molar-refractivity contribution >= 4 is 5.97 Å². The fourth-order valence-corrected chi connectivity index (χ4v) is 0.917. The van der Waals surface area contributed by atoms with Gasteiger partial charge in [-0.05, 0) is 20.8 Å². The molecule has 2 atom stereocenters. The average Bonchev–Trinajstić information content (AvgIpc) is 2.23. The summed E-state index contributed by atoms with van der Waals surface area (Å²) >= 11 is 0. The van der Waals surface area contributed by atoms with Crippen molar-refractivity contribution in [3.8, 4) is 0 Å². The van der Waals surface area contributed by atoms with Crippen molar-refractivity contribution in [1.29, 1.82) is 0 Å². The van der Waals surface area contributed by atoms with Crippen LogP contribution < -0.4 is 5.73 Å². The smallest absolute Gasteiger partial charge is 0.325 e. The molecule has 0 radical (unpaired) electrons. The van der Waals surface area contributed by atoms with Crippen LogP contribution >= 0.6 is 0 Å². The summed E-state index contributed by atoms with van der Waals surface area (Å²) in [6.45, 7) is 7.17. The Morgan fingerprint density at radius 2 is 1.93 bits per heavy atom. The van der Waals surface area contributed by atoms with Crippen LogP contribution in [0.3, 0.4) is 0 Å². The van der Waals surface area contributed by atoms with Crippen molar-refractivity contribution in [2.24, 2.45) is 5.73 Å². The third-order valence-electron chi connectivity index (χ3n) is 1.71. The molecule has 90 valence electrons. The summed E-state index contributed by atoms with van der Waals surface area (Å²) in [6.07, 6.45) is -0.0644. The SMILES string of the molecule is CCOCC(C)OCC(N)C(=O)OCC. The van der Waals surface area contributed by atoms with Crippen molar-refractivity contribution in [3.63, 3.8) is 0 Å². The normalized spacial score (nSPS) is 14.7. The number of hydrogen-bond acceptors (Lipinski definition) is 5. The third-order valence-corrected chi connectivity index (χ3v) is 1.71. The lowest BCUT2D eigenvalue weighted by Crippen LogP contribution is -2.38. The highest BCUT2D eigenvalue weighted by Crippen LogP contribution is 1.95. The van der Waals surface area contributed by atoms with Crippen molar-refractivity contribution < 1.29 is 19.0 Å². The van der Waals surface area contributed by atoms with E-state index in [0.29, 0.717) is 19.8 Å². The molecule has 0 bridgehead atoms. The lowest BCUT2D eigenvalue weighted by atomic mass is 10.3. The maximum Gasteiger partial charge on any atom is 0.325 e. The largest absolute Gasteiger partial charge is 0.465 e. The molecule has 2 unspecified atom stereocenters. The summed E-state index contributed by atoms with van der Waals surface area (Å²) in [7, 11) is 0. The second kappa shape index (κ2) is 8.64. The molecule has 0 heterocycles. The predicted molar refractivity (Wildman–Crippen MR) is 56.5 cm³/mol. The first-order valence-corrected chi connectivity index (χ1v) is 5.23. The first-order chi connectivity index (χ1) is 7.11. The minimum atomic E-state index is -0.714. The molecule has 0 aromatic carbocycles. The molecule has 0 aliphatic rings. The monoisotopic (exact) mass is 219 g/mol. The molecule has 0 amide bonds. The third kappa shape index (κ3) is 7.30. The van der Waals surface area contributed by atoms with Crippen LogP contribution in [0, 0.1) is 0 Å². The van der Waals surface area contributed by atoms with Crippen LogP contribution in [0.15, 0.2) is 0 Å². The van der Waals surface area contributed by atoms with E-state index in [0.717, 1.165) is 0 Å². The second-order valence-electron chi connectivity index (χ2n) is 3.16. The number of ether oxygens (including phenoxy) is 3. The molecule has 0 aliphatic heterocycles. The van der Waals surface area contributed by atoms with Gasteiger partial charge in [0.15, 0.2) is 0 Å². The minimum absolute atomic E-state index is 0.0644. The van der Waals surface area contributed by atoms with Crippen molar-refractivity contribution in [2.75, 3.05) is 26.4 Å². The summed E-state index contributed by atoms with van der Waals surface area (Å²) in [5.74, 6) is -0.430. The van der Waals surface area contributed by atoms with Crippen molar-refractivity contribution in [1.82, 2.24) is 0 Å². The Balaban J connectivity index is 3.60. The maximum absolute atomic E-state index is 11.1. The highest BCUT2D eigenvalue weighted by molar-refractivity contribution is 5.75. The minimum Gasteiger partial charge on any atom is -0.465 e. The molecule has 0 rings (SSSR count). The van der Waals surface area contributed by atoms with Crippen LogP contribution in [0.1, 0.15) is 20.8 Å². The van der Waals surface area contributed by atoms with Gasteiger partial charge in [0.2, 0.25) is 0 Å². The van der Waals surface area contributed by atoms with E-state index in [1.807, 2.05) is 13.8 Å². The zero-order chi connectivity index (χ0) is 11.7.